The van der Waals surface area contributed by atoms with E-state index in [4.69, 9.17) is 4.74 Å². The van der Waals surface area contributed by atoms with Crippen molar-refractivity contribution in [1.29, 1.82) is 0 Å². The summed E-state index contributed by atoms with van der Waals surface area (Å²) in [6.45, 7) is 5.89. The third kappa shape index (κ3) is 8.05. The number of rotatable bonds is 14. The van der Waals surface area contributed by atoms with E-state index in [0.29, 0.717) is 30.2 Å². The average molecular weight is 614 g/mol. The molecule has 0 radical (unpaired) electrons. The molecule has 0 aromatic heterocycles. The standard InChI is InChI=1S/C35H39N3O5S/c1-4-24-36-35(40)33(5-2)37(25-28-15-13-12-14-27(28)3)34(39)26-38(44(41,42)32-18-10-7-11-19-32)29-20-22-31(23-21-29)43-30-16-8-6-9-17-30/h6-23,33H,4-5,24-26H2,1-3H3,(H,36,40). The molecule has 4 aromatic rings. The maximum absolute atomic E-state index is 14.2. The fourth-order valence-corrected chi connectivity index (χ4v) is 6.25. The number of amides is 2. The van der Waals surface area contributed by atoms with E-state index < -0.39 is 28.5 Å². The van der Waals surface area contributed by atoms with Crippen molar-refractivity contribution in [2.75, 3.05) is 17.4 Å². The maximum atomic E-state index is 14.2. The van der Waals surface area contributed by atoms with Crippen molar-refractivity contribution in [3.05, 3.63) is 120 Å². The zero-order valence-electron chi connectivity index (χ0n) is 25.3. The molecule has 2 amide bonds. The van der Waals surface area contributed by atoms with Crippen LogP contribution >= 0.6 is 0 Å². The summed E-state index contributed by atoms with van der Waals surface area (Å²) in [6.07, 6.45) is 1.12. The fourth-order valence-electron chi connectivity index (χ4n) is 4.81. The molecule has 0 aliphatic carbocycles. The molecule has 0 bridgehead atoms. The van der Waals surface area contributed by atoms with E-state index in [-0.39, 0.29) is 17.3 Å². The summed E-state index contributed by atoms with van der Waals surface area (Å²) in [5, 5.41) is 2.91. The molecule has 1 atom stereocenters. The molecular weight excluding hydrogens is 574 g/mol. The Hall–Kier alpha value is -4.63. The number of benzene rings is 4. The first-order chi connectivity index (χ1) is 21.2. The Balaban J connectivity index is 1.71. The molecule has 0 saturated carbocycles. The molecule has 0 spiro atoms. The van der Waals surface area contributed by atoms with Crippen molar-refractivity contribution in [3.63, 3.8) is 0 Å². The lowest BCUT2D eigenvalue weighted by molar-refractivity contribution is -0.140. The predicted molar refractivity (Wildman–Crippen MR) is 173 cm³/mol. The number of ether oxygens (including phenoxy) is 1. The van der Waals surface area contributed by atoms with Crippen LogP contribution in [-0.4, -0.2) is 44.3 Å². The summed E-state index contributed by atoms with van der Waals surface area (Å²) in [4.78, 5) is 29.0. The quantitative estimate of drug-likeness (QED) is 0.180. The molecule has 1 N–H and O–H groups in total. The summed E-state index contributed by atoms with van der Waals surface area (Å²) in [5.41, 5.74) is 2.14. The Labute approximate surface area is 260 Å². The molecule has 44 heavy (non-hydrogen) atoms. The van der Waals surface area contributed by atoms with E-state index in [1.54, 1.807) is 42.5 Å². The second kappa shape index (κ2) is 15.2. The topological polar surface area (TPSA) is 96.0 Å². The monoisotopic (exact) mass is 613 g/mol. The van der Waals surface area contributed by atoms with Crippen molar-refractivity contribution in [2.24, 2.45) is 0 Å². The third-order valence-corrected chi connectivity index (χ3v) is 9.04. The van der Waals surface area contributed by atoms with Crippen molar-refractivity contribution >= 4 is 27.5 Å². The number of para-hydroxylation sites is 1. The minimum Gasteiger partial charge on any atom is -0.457 e. The van der Waals surface area contributed by atoms with Gasteiger partial charge in [0.2, 0.25) is 11.8 Å². The van der Waals surface area contributed by atoms with Crippen LogP contribution in [0.4, 0.5) is 5.69 Å². The molecular formula is C35H39N3O5S. The van der Waals surface area contributed by atoms with Gasteiger partial charge in [0.25, 0.3) is 10.0 Å². The minimum atomic E-state index is -4.16. The van der Waals surface area contributed by atoms with Crippen LogP contribution in [0.3, 0.4) is 0 Å². The van der Waals surface area contributed by atoms with E-state index in [2.05, 4.69) is 5.32 Å². The second-order valence-corrected chi connectivity index (χ2v) is 12.3. The van der Waals surface area contributed by atoms with Gasteiger partial charge in [-0.1, -0.05) is 74.5 Å². The molecule has 0 saturated heterocycles. The smallest absolute Gasteiger partial charge is 0.264 e. The van der Waals surface area contributed by atoms with Crippen molar-refractivity contribution < 1.29 is 22.7 Å². The Morgan fingerprint density at radius 3 is 2.00 bits per heavy atom. The number of nitrogens with one attached hydrogen (secondary N) is 1. The van der Waals surface area contributed by atoms with Crippen molar-refractivity contribution in [3.8, 4) is 11.5 Å². The molecule has 0 aliphatic heterocycles. The van der Waals surface area contributed by atoms with E-state index in [0.717, 1.165) is 21.9 Å². The first kappa shape index (κ1) is 32.3. The Bertz CT molecular complexity index is 1630. The number of sulfonamides is 1. The number of aryl methyl sites for hydroxylation is 1. The van der Waals surface area contributed by atoms with Gasteiger partial charge in [0.15, 0.2) is 0 Å². The first-order valence-electron chi connectivity index (χ1n) is 14.8. The molecule has 8 nitrogen and oxygen atoms in total. The van der Waals surface area contributed by atoms with Gasteiger partial charge >= 0.3 is 0 Å². The summed E-state index contributed by atoms with van der Waals surface area (Å²) < 4.78 is 35.1. The number of carbonyl (C=O) groups is 2. The van der Waals surface area contributed by atoms with Gasteiger partial charge in [-0.25, -0.2) is 8.42 Å². The maximum Gasteiger partial charge on any atom is 0.264 e. The zero-order chi connectivity index (χ0) is 31.5. The van der Waals surface area contributed by atoms with E-state index >= 15 is 0 Å². The van der Waals surface area contributed by atoms with Crippen molar-refractivity contribution in [1.82, 2.24) is 10.2 Å². The normalized spacial score (nSPS) is 11.8. The van der Waals surface area contributed by atoms with Crippen LogP contribution < -0.4 is 14.4 Å². The van der Waals surface area contributed by atoms with Crippen LogP contribution in [0.5, 0.6) is 11.5 Å². The summed E-state index contributed by atoms with van der Waals surface area (Å²) in [6, 6.07) is 30.7. The number of hydrogen-bond donors (Lipinski definition) is 1. The molecule has 4 rings (SSSR count). The van der Waals surface area contributed by atoms with Gasteiger partial charge in [-0.2, -0.15) is 0 Å². The minimum absolute atomic E-state index is 0.0515. The van der Waals surface area contributed by atoms with Gasteiger partial charge < -0.3 is 15.0 Å². The van der Waals surface area contributed by atoms with E-state index in [9.17, 15) is 18.0 Å². The largest absolute Gasteiger partial charge is 0.457 e. The van der Waals surface area contributed by atoms with Crippen LogP contribution in [0, 0.1) is 6.92 Å². The molecule has 0 aliphatic rings. The van der Waals surface area contributed by atoms with Gasteiger partial charge in [0.1, 0.15) is 24.1 Å². The Kier molecular flexibility index (Phi) is 11.2. The summed E-state index contributed by atoms with van der Waals surface area (Å²) >= 11 is 0. The SMILES string of the molecule is CCCNC(=O)C(CC)N(Cc1ccccc1C)C(=O)CN(c1ccc(Oc2ccccc2)cc1)S(=O)(=O)c1ccccc1. The van der Waals surface area contributed by atoms with Gasteiger partial charge in [-0.15, -0.1) is 0 Å². The van der Waals surface area contributed by atoms with Gasteiger partial charge in [-0.05, 0) is 79.4 Å². The van der Waals surface area contributed by atoms with Gasteiger partial charge in [0, 0.05) is 13.1 Å². The predicted octanol–water partition coefficient (Wildman–Crippen LogP) is 6.32. The average Bonchev–Trinajstić information content (AvgIpc) is 3.04. The third-order valence-electron chi connectivity index (χ3n) is 7.25. The number of nitrogens with zero attached hydrogens (tertiary/aromatic N) is 2. The number of anilines is 1. The fraction of sp³-hybridized carbons (Fsp3) is 0.257. The highest BCUT2D eigenvalue weighted by molar-refractivity contribution is 7.92. The molecule has 230 valence electrons. The molecule has 1 unspecified atom stereocenters. The lowest BCUT2D eigenvalue weighted by Crippen LogP contribution is -2.52. The lowest BCUT2D eigenvalue weighted by atomic mass is 10.1. The van der Waals surface area contributed by atoms with Crippen LogP contribution in [-0.2, 0) is 26.2 Å². The Morgan fingerprint density at radius 1 is 0.795 bits per heavy atom. The van der Waals surface area contributed by atoms with Crippen molar-refractivity contribution in [2.45, 2.75) is 51.1 Å². The van der Waals surface area contributed by atoms with Crippen LogP contribution in [0.25, 0.3) is 0 Å². The molecule has 4 aromatic carbocycles. The van der Waals surface area contributed by atoms with Crippen LogP contribution in [0.2, 0.25) is 0 Å². The summed E-state index contributed by atoms with van der Waals surface area (Å²) in [7, 11) is -4.16. The van der Waals surface area contributed by atoms with Gasteiger partial charge in [-0.3, -0.25) is 13.9 Å². The lowest BCUT2D eigenvalue weighted by Gasteiger charge is -2.33. The highest BCUT2D eigenvalue weighted by atomic mass is 32.2. The molecule has 0 heterocycles. The van der Waals surface area contributed by atoms with Gasteiger partial charge in [0.05, 0.1) is 10.6 Å². The highest BCUT2D eigenvalue weighted by Gasteiger charge is 2.33. The second-order valence-electron chi connectivity index (χ2n) is 10.4. The number of carbonyl (C=O) groups excluding carboxylic acids is 2. The number of hydrogen-bond acceptors (Lipinski definition) is 5. The van der Waals surface area contributed by atoms with Crippen LogP contribution in [0.15, 0.2) is 114 Å². The van der Waals surface area contributed by atoms with E-state index in [1.165, 1.54) is 17.0 Å². The summed E-state index contributed by atoms with van der Waals surface area (Å²) in [5.74, 6) is 0.401. The Morgan fingerprint density at radius 2 is 1.39 bits per heavy atom. The van der Waals surface area contributed by atoms with Crippen LogP contribution in [0.1, 0.15) is 37.8 Å². The zero-order valence-corrected chi connectivity index (χ0v) is 26.2. The molecule has 9 heteroatoms. The highest BCUT2D eigenvalue weighted by Crippen LogP contribution is 2.29. The first-order valence-corrected chi connectivity index (χ1v) is 16.2. The van der Waals surface area contributed by atoms with E-state index in [1.807, 2.05) is 75.4 Å². The molecule has 0 fully saturated rings.